The summed E-state index contributed by atoms with van der Waals surface area (Å²) in [6.07, 6.45) is 4.11. The number of aryl methyl sites for hydroxylation is 1. The molecule has 0 spiro atoms. The van der Waals surface area contributed by atoms with Gasteiger partial charge in [0.1, 0.15) is 6.61 Å². The summed E-state index contributed by atoms with van der Waals surface area (Å²) >= 11 is 0. The summed E-state index contributed by atoms with van der Waals surface area (Å²) in [4.78, 5) is 30.7. The molecule has 2 rings (SSSR count). The highest BCUT2D eigenvalue weighted by atomic mass is 28.4. The number of hydrogen-bond donors (Lipinski definition) is 0. The minimum absolute atomic E-state index is 0.0359. The Bertz CT molecular complexity index is 771. The molecule has 1 aromatic rings. The van der Waals surface area contributed by atoms with Crippen molar-refractivity contribution in [2.24, 2.45) is 7.05 Å². The van der Waals surface area contributed by atoms with E-state index in [4.69, 9.17) is 13.9 Å². The smallest absolute Gasteiger partial charge is 0.410 e. The number of imidazole rings is 1. The van der Waals surface area contributed by atoms with Crippen LogP contribution in [-0.2, 0) is 25.7 Å². The highest BCUT2D eigenvalue weighted by Gasteiger charge is 2.48. The first-order chi connectivity index (χ1) is 13.9. The molecule has 0 saturated carbocycles. The number of hydrogen-bond acceptors (Lipinski definition) is 6. The first-order valence-corrected chi connectivity index (χ1v) is 13.1. The minimum atomic E-state index is -2.06. The van der Waals surface area contributed by atoms with E-state index >= 15 is 0 Å². The standard InChI is InChI=1S/C21H35N3O5Si/c1-9-12-27-20(26)24-14-16(29-30(7,8)21(3,4)5)13-17(24)18(28-15(2)25)19-22-10-11-23(19)6/h9-11,16-18H,1,12-14H2,2-8H3/t16-,17+,18?/m1/s1. The van der Waals surface area contributed by atoms with Gasteiger partial charge in [0.2, 0.25) is 0 Å². The number of rotatable bonds is 7. The second-order valence-electron chi connectivity index (χ2n) is 9.25. The lowest BCUT2D eigenvalue weighted by Crippen LogP contribution is -2.45. The fourth-order valence-corrected chi connectivity index (χ4v) is 4.71. The topological polar surface area (TPSA) is 82.9 Å². The fourth-order valence-electron chi connectivity index (χ4n) is 3.35. The number of aromatic nitrogens is 2. The largest absolute Gasteiger partial charge is 0.452 e. The van der Waals surface area contributed by atoms with Crippen LogP contribution >= 0.6 is 0 Å². The van der Waals surface area contributed by atoms with Crippen molar-refractivity contribution in [1.82, 2.24) is 14.5 Å². The Morgan fingerprint density at radius 1 is 1.40 bits per heavy atom. The maximum absolute atomic E-state index is 12.8. The van der Waals surface area contributed by atoms with Crippen LogP contribution in [0.5, 0.6) is 0 Å². The van der Waals surface area contributed by atoms with Gasteiger partial charge in [0, 0.05) is 32.9 Å². The Hall–Kier alpha value is -2.13. The number of ether oxygens (including phenoxy) is 2. The number of nitrogens with zero attached hydrogens (tertiary/aromatic N) is 3. The van der Waals surface area contributed by atoms with Gasteiger partial charge in [-0.05, 0) is 24.6 Å². The Morgan fingerprint density at radius 2 is 2.07 bits per heavy atom. The quantitative estimate of drug-likeness (QED) is 0.366. The molecule has 30 heavy (non-hydrogen) atoms. The number of carbonyl (C=O) groups is 2. The molecule has 0 aromatic carbocycles. The van der Waals surface area contributed by atoms with Gasteiger partial charge in [0.15, 0.2) is 20.2 Å². The molecule has 1 unspecified atom stereocenters. The Labute approximate surface area is 180 Å². The zero-order chi connectivity index (χ0) is 22.7. The molecule has 1 aromatic heterocycles. The van der Waals surface area contributed by atoms with Crippen LogP contribution < -0.4 is 0 Å². The van der Waals surface area contributed by atoms with E-state index in [0.29, 0.717) is 18.8 Å². The van der Waals surface area contributed by atoms with Gasteiger partial charge < -0.3 is 18.5 Å². The molecular formula is C21H35N3O5Si. The molecule has 0 aliphatic carbocycles. The lowest BCUT2D eigenvalue weighted by molar-refractivity contribution is -0.150. The molecule has 3 atom stereocenters. The molecule has 0 N–H and O–H groups in total. The van der Waals surface area contributed by atoms with Crippen LogP contribution in [0.3, 0.4) is 0 Å². The second kappa shape index (κ2) is 9.34. The van der Waals surface area contributed by atoms with E-state index in [1.54, 1.807) is 21.9 Å². The Kier molecular flexibility index (Phi) is 7.52. The third-order valence-electron chi connectivity index (χ3n) is 5.89. The van der Waals surface area contributed by atoms with Gasteiger partial charge >= 0.3 is 12.1 Å². The molecular weight excluding hydrogens is 402 g/mol. The maximum atomic E-state index is 12.8. The summed E-state index contributed by atoms with van der Waals surface area (Å²) in [6.45, 7) is 16.3. The minimum Gasteiger partial charge on any atom is -0.452 e. The average molecular weight is 438 g/mol. The summed E-state index contributed by atoms with van der Waals surface area (Å²) in [5.74, 6) is 0.140. The molecule has 1 fully saturated rings. The van der Waals surface area contributed by atoms with Crippen LogP contribution in [-0.4, -0.2) is 60.1 Å². The number of carbonyl (C=O) groups excluding carboxylic acids is 2. The van der Waals surface area contributed by atoms with Crippen molar-refractivity contribution >= 4 is 20.4 Å². The van der Waals surface area contributed by atoms with Gasteiger partial charge in [-0.3, -0.25) is 9.69 Å². The molecule has 2 heterocycles. The van der Waals surface area contributed by atoms with Crippen molar-refractivity contribution in [2.45, 2.75) is 70.5 Å². The van der Waals surface area contributed by atoms with Gasteiger partial charge in [0.25, 0.3) is 0 Å². The van der Waals surface area contributed by atoms with E-state index in [9.17, 15) is 9.59 Å². The first kappa shape index (κ1) is 24.1. The number of amides is 1. The lowest BCUT2D eigenvalue weighted by Gasteiger charge is -2.38. The van der Waals surface area contributed by atoms with Crippen LogP contribution in [0.15, 0.2) is 25.0 Å². The van der Waals surface area contributed by atoms with Crippen molar-refractivity contribution < 1.29 is 23.5 Å². The Balaban J connectivity index is 2.35. The highest BCUT2D eigenvalue weighted by Crippen LogP contribution is 2.40. The number of esters is 1. The van der Waals surface area contributed by atoms with Gasteiger partial charge in [-0.2, -0.15) is 0 Å². The van der Waals surface area contributed by atoms with E-state index in [-0.39, 0.29) is 17.7 Å². The summed E-state index contributed by atoms with van der Waals surface area (Å²) in [7, 11) is -0.226. The maximum Gasteiger partial charge on any atom is 0.410 e. The summed E-state index contributed by atoms with van der Waals surface area (Å²) in [5, 5.41) is 0.0359. The molecule has 168 valence electrons. The monoisotopic (exact) mass is 437 g/mol. The molecule has 1 amide bonds. The molecule has 1 aliphatic rings. The molecule has 8 nitrogen and oxygen atoms in total. The fraction of sp³-hybridized carbons (Fsp3) is 0.667. The van der Waals surface area contributed by atoms with E-state index in [1.165, 1.54) is 13.0 Å². The average Bonchev–Trinajstić information content (AvgIpc) is 3.22. The predicted octanol–water partition coefficient (Wildman–Crippen LogP) is 3.81. The summed E-state index contributed by atoms with van der Waals surface area (Å²) < 4.78 is 19.3. The van der Waals surface area contributed by atoms with Crippen LogP contribution in [0.1, 0.15) is 46.0 Å². The van der Waals surface area contributed by atoms with E-state index < -0.39 is 32.5 Å². The second-order valence-corrected chi connectivity index (χ2v) is 14.0. The van der Waals surface area contributed by atoms with Gasteiger partial charge in [-0.1, -0.05) is 33.4 Å². The van der Waals surface area contributed by atoms with E-state index in [1.807, 2.05) is 7.05 Å². The zero-order valence-corrected chi connectivity index (χ0v) is 20.2. The van der Waals surface area contributed by atoms with Crippen molar-refractivity contribution in [3.63, 3.8) is 0 Å². The van der Waals surface area contributed by atoms with Gasteiger partial charge in [-0.25, -0.2) is 9.78 Å². The van der Waals surface area contributed by atoms with Crippen molar-refractivity contribution in [2.75, 3.05) is 13.2 Å². The summed E-state index contributed by atoms with van der Waals surface area (Å²) in [5.41, 5.74) is 0. The van der Waals surface area contributed by atoms with Crippen LogP contribution in [0, 0.1) is 0 Å². The SMILES string of the molecule is C=CCOC(=O)N1C[C@H](O[Si](C)(C)C(C)(C)C)C[C@H]1C(OC(C)=O)c1nccn1C. The van der Waals surface area contributed by atoms with Crippen molar-refractivity contribution in [3.8, 4) is 0 Å². The van der Waals surface area contributed by atoms with Gasteiger partial charge in [-0.15, -0.1) is 0 Å². The van der Waals surface area contributed by atoms with Crippen LogP contribution in [0.2, 0.25) is 18.1 Å². The molecule has 1 aliphatic heterocycles. The predicted molar refractivity (Wildman–Crippen MR) is 116 cm³/mol. The third-order valence-corrected chi connectivity index (χ3v) is 10.4. The van der Waals surface area contributed by atoms with Crippen molar-refractivity contribution in [1.29, 1.82) is 0 Å². The van der Waals surface area contributed by atoms with Crippen LogP contribution in [0.25, 0.3) is 0 Å². The number of likely N-dealkylation sites (tertiary alicyclic amines) is 1. The normalized spacial score (nSPS) is 20.7. The summed E-state index contributed by atoms with van der Waals surface area (Å²) in [6, 6.07) is -0.443. The highest BCUT2D eigenvalue weighted by molar-refractivity contribution is 6.74. The van der Waals surface area contributed by atoms with Crippen molar-refractivity contribution in [3.05, 3.63) is 30.9 Å². The first-order valence-electron chi connectivity index (χ1n) is 10.2. The molecule has 0 radical (unpaired) electrons. The molecule has 0 bridgehead atoms. The lowest BCUT2D eigenvalue weighted by atomic mass is 10.1. The zero-order valence-electron chi connectivity index (χ0n) is 19.2. The van der Waals surface area contributed by atoms with E-state index in [2.05, 4.69) is 45.4 Å². The molecule has 1 saturated heterocycles. The van der Waals surface area contributed by atoms with Crippen LogP contribution in [0.4, 0.5) is 4.79 Å². The van der Waals surface area contributed by atoms with E-state index in [0.717, 1.165) is 0 Å². The third kappa shape index (κ3) is 5.51. The Morgan fingerprint density at radius 3 is 2.57 bits per heavy atom. The molecule has 9 heteroatoms. The van der Waals surface area contributed by atoms with Gasteiger partial charge in [0.05, 0.1) is 12.1 Å².